The van der Waals surface area contributed by atoms with E-state index in [-0.39, 0.29) is 13.2 Å². The highest BCUT2D eigenvalue weighted by atomic mass is 16.5. The summed E-state index contributed by atoms with van der Waals surface area (Å²) in [5, 5.41) is 16.2. The van der Waals surface area contributed by atoms with Gasteiger partial charge in [0.25, 0.3) is 0 Å². The Morgan fingerprint density at radius 1 is 0.923 bits per heavy atom. The van der Waals surface area contributed by atoms with Crippen molar-refractivity contribution in [2.45, 2.75) is 0 Å². The molecule has 13 heavy (non-hydrogen) atoms. The van der Waals surface area contributed by atoms with Crippen LogP contribution in [0.1, 0.15) is 0 Å². The summed E-state index contributed by atoms with van der Waals surface area (Å²) >= 11 is 0. The minimum absolute atomic E-state index is 0.0278. The van der Waals surface area contributed by atoms with E-state index in [1.807, 2.05) is 18.2 Å². The number of aliphatic hydroxyl groups excluding tert-OH is 2. The molecule has 0 spiro atoms. The van der Waals surface area contributed by atoms with Gasteiger partial charge in [0.2, 0.25) is 0 Å². The highest BCUT2D eigenvalue weighted by Gasteiger charge is 1.79. The first-order valence-corrected chi connectivity index (χ1v) is 4.06. The lowest BCUT2D eigenvalue weighted by Gasteiger charge is -1.94. The zero-order valence-electron chi connectivity index (χ0n) is 7.47. The molecule has 74 valence electrons. The van der Waals surface area contributed by atoms with Crippen LogP contribution in [0, 0.1) is 0 Å². The molecule has 0 aliphatic rings. The van der Waals surface area contributed by atoms with Crippen LogP contribution >= 0.6 is 0 Å². The Balaban J connectivity index is 0.000000223. The second-order valence-electron chi connectivity index (χ2n) is 2.08. The third kappa shape index (κ3) is 11.0. The van der Waals surface area contributed by atoms with Gasteiger partial charge in [0.05, 0.1) is 26.4 Å². The second-order valence-corrected chi connectivity index (χ2v) is 2.08. The Morgan fingerprint density at radius 2 is 1.46 bits per heavy atom. The monoisotopic (exact) mass is 185 g/mol. The van der Waals surface area contributed by atoms with Crippen molar-refractivity contribution < 1.29 is 14.9 Å². The summed E-state index contributed by atoms with van der Waals surface area (Å²) in [6, 6.07) is 5.72. The third-order valence-corrected chi connectivity index (χ3v) is 1.04. The molecule has 0 bridgehead atoms. The first kappa shape index (κ1) is 12.0. The van der Waals surface area contributed by atoms with Crippen molar-refractivity contribution in [3.05, 3.63) is 30.6 Å². The molecule has 0 aromatic carbocycles. The van der Waals surface area contributed by atoms with Crippen molar-refractivity contribution in [2.75, 3.05) is 26.4 Å². The Hall–Kier alpha value is -0.970. The van der Waals surface area contributed by atoms with Crippen LogP contribution in [0.5, 0.6) is 0 Å². The third-order valence-electron chi connectivity index (χ3n) is 1.04. The highest BCUT2D eigenvalue weighted by molar-refractivity contribution is 4.88. The summed E-state index contributed by atoms with van der Waals surface area (Å²) in [7, 11) is 0. The lowest BCUT2D eigenvalue weighted by Crippen LogP contribution is -2.03. The maximum absolute atomic E-state index is 8.09. The minimum Gasteiger partial charge on any atom is -0.394 e. The molecule has 0 atom stereocenters. The largest absolute Gasteiger partial charge is 0.394 e. The van der Waals surface area contributed by atoms with Crippen LogP contribution in [-0.4, -0.2) is 41.6 Å². The van der Waals surface area contributed by atoms with Gasteiger partial charge in [-0.25, -0.2) is 0 Å². The molecule has 1 aromatic heterocycles. The van der Waals surface area contributed by atoms with E-state index in [1.54, 1.807) is 12.4 Å². The zero-order chi connectivity index (χ0) is 9.78. The SMILES string of the molecule is OCCOCCO.c1ccncc1. The van der Waals surface area contributed by atoms with Crippen molar-refractivity contribution in [1.29, 1.82) is 0 Å². The predicted octanol–water partition coefficient (Wildman–Crippen LogP) is 0.0692. The summed E-state index contributed by atoms with van der Waals surface area (Å²) in [4.78, 5) is 3.78. The molecule has 0 saturated heterocycles. The number of rotatable bonds is 4. The van der Waals surface area contributed by atoms with Crippen LogP contribution < -0.4 is 0 Å². The average Bonchev–Trinajstić information content (AvgIpc) is 2.22. The fourth-order valence-corrected chi connectivity index (χ4v) is 0.544. The van der Waals surface area contributed by atoms with Crippen molar-refractivity contribution in [2.24, 2.45) is 0 Å². The van der Waals surface area contributed by atoms with Crippen molar-refractivity contribution in [3.8, 4) is 0 Å². The van der Waals surface area contributed by atoms with Crippen molar-refractivity contribution in [3.63, 3.8) is 0 Å². The fraction of sp³-hybridized carbons (Fsp3) is 0.444. The maximum atomic E-state index is 8.09. The van der Waals surface area contributed by atoms with E-state index >= 15 is 0 Å². The molecule has 0 aliphatic heterocycles. The number of hydrogen-bond acceptors (Lipinski definition) is 4. The molecule has 4 heteroatoms. The predicted molar refractivity (Wildman–Crippen MR) is 49.2 cm³/mol. The quantitative estimate of drug-likeness (QED) is 0.651. The molecular formula is C9H15NO3. The highest BCUT2D eigenvalue weighted by Crippen LogP contribution is 1.73. The average molecular weight is 185 g/mol. The van der Waals surface area contributed by atoms with Crippen LogP contribution in [0.2, 0.25) is 0 Å². The van der Waals surface area contributed by atoms with Gasteiger partial charge in [0.1, 0.15) is 0 Å². The number of aliphatic hydroxyl groups is 2. The first-order chi connectivity index (χ1) is 6.41. The van der Waals surface area contributed by atoms with Crippen LogP contribution in [0.25, 0.3) is 0 Å². The molecule has 1 heterocycles. The molecule has 0 amide bonds. The molecule has 0 radical (unpaired) electrons. The van der Waals surface area contributed by atoms with E-state index < -0.39 is 0 Å². The molecule has 0 aliphatic carbocycles. The van der Waals surface area contributed by atoms with Gasteiger partial charge in [0, 0.05) is 12.4 Å². The van der Waals surface area contributed by atoms with E-state index in [4.69, 9.17) is 10.2 Å². The van der Waals surface area contributed by atoms with E-state index in [9.17, 15) is 0 Å². The van der Waals surface area contributed by atoms with E-state index in [2.05, 4.69) is 9.72 Å². The Kier molecular flexibility index (Phi) is 10.2. The van der Waals surface area contributed by atoms with Crippen molar-refractivity contribution in [1.82, 2.24) is 4.98 Å². The lowest BCUT2D eigenvalue weighted by molar-refractivity contribution is 0.0650. The maximum Gasteiger partial charge on any atom is 0.0698 e. The Bertz CT molecular complexity index is 139. The smallest absolute Gasteiger partial charge is 0.0698 e. The van der Waals surface area contributed by atoms with Gasteiger partial charge in [-0.05, 0) is 12.1 Å². The van der Waals surface area contributed by atoms with Crippen LogP contribution in [0.3, 0.4) is 0 Å². The van der Waals surface area contributed by atoms with Gasteiger partial charge in [-0.2, -0.15) is 0 Å². The van der Waals surface area contributed by atoms with E-state index in [0.717, 1.165) is 0 Å². The van der Waals surface area contributed by atoms with Gasteiger partial charge in [-0.3, -0.25) is 4.98 Å². The summed E-state index contributed by atoms with van der Waals surface area (Å²) in [5.41, 5.74) is 0. The van der Waals surface area contributed by atoms with E-state index in [1.165, 1.54) is 0 Å². The summed E-state index contributed by atoms with van der Waals surface area (Å²) in [6.45, 7) is 0.696. The van der Waals surface area contributed by atoms with Crippen LogP contribution in [-0.2, 0) is 4.74 Å². The number of aromatic nitrogens is 1. The summed E-state index contributed by atoms with van der Waals surface area (Å²) in [6.07, 6.45) is 3.50. The molecule has 0 fully saturated rings. The van der Waals surface area contributed by atoms with Crippen LogP contribution in [0.15, 0.2) is 30.6 Å². The summed E-state index contributed by atoms with van der Waals surface area (Å²) in [5.74, 6) is 0. The first-order valence-electron chi connectivity index (χ1n) is 4.06. The number of hydrogen-bond donors (Lipinski definition) is 2. The van der Waals surface area contributed by atoms with Gasteiger partial charge in [-0.1, -0.05) is 6.07 Å². The molecular weight excluding hydrogens is 170 g/mol. The Morgan fingerprint density at radius 3 is 1.69 bits per heavy atom. The van der Waals surface area contributed by atoms with Gasteiger partial charge in [0.15, 0.2) is 0 Å². The standard InChI is InChI=1S/C5H5N.C4H10O3/c1-2-4-6-5-3-1;5-1-3-7-4-2-6/h1-5H;5-6H,1-4H2. The molecule has 0 unspecified atom stereocenters. The lowest BCUT2D eigenvalue weighted by atomic mass is 10.5. The summed E-state index contributed by atoms with van der Waals surface area (Å²) < 4.78 is 4.63. The van der Waals surface area contributed by atoms with Gasteiger partial charge in [-0.15, -0.1) is 0 Å². The van der Waals surface area contributed by atoms with Crippen molar-refractivity contribution >= 4 is 0 Å². The minimum atomic E-state index is 0.0278. The fourth-order valence-electron chi connectivity index (χ4n) is 0.544. The topological polar surface area (TPSA) is 62.6 Å². The van der Waals surface area contributed by atoms with E-state index in [0.29, 0.717) is 13.2 Å². The zero-order valence-corrected chi connectivity index (χ0v) is 7.47. The molecule has 1 rings (SSSR count). The molecule has 0 saturated carbocycles. The number of pyridine rings is 1. The molecule has 1 aromatic rings. The van der Waals surface area contributed by atoms with Gasteiger partial charge >= 0.3 is 0 Å². The molecule has 4 nitrogen and oxygen atoms in total. The second kappa shape index (κ2) is 11.0. The normalized spacial score (nSPS) is 8.77. The molecule has 2 N–H and O–H groups in total. The Labute approximate surface area is 77.8 Å². The van der Waals surface area contributed by atoms with Gasteiger partial charge < -0.3 is 14.9 Å². The number of nitrogens with zero attached hydrogens (tertiary/aromatic N) is 1. The van der Waals surface area contributed by atoms with Crippen LogP contribution in [0.4, 0.5) is 0 Å². The number of ether oxygens (including phenoxy) is 1.